The largest absolute Gasteiger partial charge is 0.373 e. The zero-order chi connectivity index (χ0) is 27.7. The molecule has 5 aromatic rings. The molecule has 8 nitrogen and oxygen atoms in total. The molecule has 0 aliphatic carbocycles. The van der Waals surface area contributed by atoms with E-state index in [9.17, 15) is 24.2 Å². The van der Waals surface area contributed by atoms with Gasteiger partial charge >= 0.3 is 0 Å². The van der Waals surface area contributed by atoms with E-state index in [1.54, 1.807) is 0 Å². The van der Waals surface area contributed by atoms with Gasteiger partial charge in [0.05, 0.1) is 47.3 Å². The minimum absolute atomic E-state index is 0.00177. The molecule has 3 aromatic heterocycles. The van der Waals surface area contributed by atoms with Crippen LogP contribution in [0.15, 0.2) is 61.1 Å². The van der Waals surface area contributed by atoms with Gasteiger partial charge in [0.1, 0.15) is 17.6 Å². The highest BCUT2D eigenvalue weighted by molar-refractivity contribution is 6.36. The van der Waals surface area contributed by atoms with Gasteiger partial charge < -0.3 is 10.6 Å². The number of nitriles is 1. The third-order valence-corrected chi connectivity index (χ3v) is 5.72. The highest BCUT2D eigenvalue weighted by Gasteiger charge is 2.20. The average Bonchev–Trinajstić information content (AvgIpc) is 3.42. The molecule has 0 saturated heterocycles. The molecule has 38 heavy (non-hydrogen) atoms. The highest BCUT2D eigenvalue weighted by Crippen LogP contribution is 2.36. The molecule has 2 N–H and O–H groups in total. The van der Waals surface area contributed by atoms with Crippen molar-refractivity contribution in [2.24, 2.45) is 0 Å². The zero-order valence-corrected chi connectivity index (χ0v) is 19.8. The lowest BCUT2D eigenvalue weighted by molar-refractivity contribution is 0.343. The van der Waals surface area contributed by atoms with Crippen LogP contribution >= 0.6 is 11.6 Å². The van der Waals surface area contributed by atoms with Crippen molar-refractivity contribution >= 4 is 39.6 Å². The van der Waals surface area contributed by atoms with Crippen LogP contribution in [0.4, 0.5) is 34.6 Å². The van der Waals surface area contributed by atoms with E-state index in [1.807, 2.05) is 6.07 Å². The van der Waals surface area contributed by atoms with Crippen molar-refractivity contribution < 1.29 is 18.9 Å². The van der Waals surface area contributed by atoms with Crippen LogP contribution in [0.3, 0.4) is 0 Å². The summed E-state index contributed by atoms with van der Waals surface area (Å²) in [6.45, 7) is -0.981. The third-order valence-electron chi connectivity index (χ3n) is 5.43. The van der Waals surface area contributed by atoms with Crippen molar-refractivity contribution in [3.8, 4) is 6.07 Å². The minimum Gasteiger partial charge on any atom is -0.373 e. The molecule has 190 valence electrons. The SMILES string of the molecule is [2H]C(Nc1cc(Cl)c2ncc(C#N)c(Nc3cnc(F)c(F)c3)c2c1)(c1ccc(F)cc1)c1cn(CF)nn1. The van der Waals surface area contributed by atoms with Crippen molar-refractivity contribution in [2.75, 3.05) is 10.6 Å². The molecule has 1 unspecified atom stereocenters. The number of pyridine rings is 2. The van der Waals surface area contributed by atoms with Crippen molar-refractivity contribution in [3.05, 3.63) is 100 Å². The topological polar surface area (TPSA) is 104 Å². The van der Waals surface area contributed by atoms with E-state index in [0.717, 1.165) is 29.1 Å². The van der Waals surface area contributed by atoms with Gasteiger partial charge in [-0.05, 0) is 29.8 Å². The summed E-state index contributed by atoms with van der Waals surface area (Å²) >= 11 is 6.52. The van der Waals surface area contributed by atoms with Crippen molar-refractivity contribution in [1.29, 1.82) is 5.26 Å². The van der Waals surface area contributed by atoms with E-state index in [4.69, 9.17) is 11.6 Å². The fourth-order valence-electron chi connectivity index (χ4n) is 3.70. The van der Waals surface area contributed by atoms with Crippen molar-refractivity contribution in [2.45, 2.75) is 12.8 Å². The second-order valence-corrected chi connectivity index (χ2v) is 8.31. The van der Waals surface area contributed by atoms with Crippen LogP contribution in [-0.2, 0) is 6.80 Å². The van der Waals surface area contributed by atoms with Gasteiger partial charge in [-0.2, -0.15) is 9.65 Å². The quantitative estimate of drug-likeness (QED) is 0.192. The first kappa shape index (κ1) is 23.6. The Morgan fingerprint density at radius 1 is 1.08 bits per heavy atom. The molecule has 0 fully saturated rings. The minimum atomic E-state index is -1.89. The first-order valence-corrected chi connectivity index (χ1v) is 11.2. The predicted octanol–water partition coefficient (Wildman–Crippen LogP) is 6.04. The number of benzene rings is 2. The standard InChI is InChI=1S/C25H15ClF4N8/c26-19-6-16(34-23(13-1-3-15(28)4-2-13)21-11-38(12-27)37-36-21)5-18-22(14(8-31)9-32-24(18)19)35-17-7-20(29)25(30)33-10-17/h1-7,9-11,23,34H,12H2,(H,32,35)/i23D. The fraction of sp³-hybridized carbons (Fsp3) is 0.0800. The van der Waals surface area contributed by atoms with Crippen LogP contribution in [0.1, 0.15) is 24.2 Å². The summed E-state index contributed by atoms with van der Waals surface area (Å²) in [5.41, 5.74) is 1.03. The second kappa shape index (κ2) is 10.3. The van der Waals surface area contributed by atoms with Gasteiger partial charge in [-0.25, -0.2) is 22.8 Å². The molecule has 0 amide bonds. The Balaban J connectivity index is 1.65. The van der Waals surface area contributed by atoms with Crippen LogP contribution in [-0.4, -0.2) is 25.0 Å². The maximum atomic E-state index is 13.8. The summed E-state index contributed by atoms with van der Waals surface area (Å²) in [5, 5.41) is 23.5. The van der Waals surface area contributed by atoms with E-state index in [0.29, 0.717) is 5.39 Å². The second-order valence-electron chi connectivity index (χ2n) is 7.90. The van der Waals surface area contributed by atoms with Crippen molar-refractivity contribution in [3.63, 3.8) is 0 Å². The van der Waals surface area contributed by atoms with Crippen molar-refractivity contribution in [1.82, 2.24) is 25.0 Å². The Hall–Kier alpha value is -4.76. The Labute approximate surface area is 218 Å². The first-order chi connectivity index (χ1) is 18.7. The lowest BCUT2D eigenvalue weighted by Crippen LogP contribution is -2.13. The molecule has 1 atom stereocenters. The molecule has 2 aromatic carbocycles. The van der Waals surface area contributed by atoms with E-state index in [-0.39, 0.29) is 44.4 Å². The number of hydrogen-bond acceptors (Lipinski definition) is 7. The van der Waals surface area contributed by atoms with Gasteiger partial charge in [-0.1, -0.05) is 28.9 Å². The number of nitrogens with one attached hydrogen (secondary N) is 2. The molecule has 0 bridgehead atoms. The summed E-state index contributed by atoms with van der Waals surface area (Å²) in [7, 11) is 0. The summed E-state index contributed by atoms with van der Waals surface area (Å²) in [5.74, 6) is -3.01. The summed E-state index contributed by atoms with van der Waals surface area (Å²) < 4.78 is 64.2. The zero-order valence-electron chi connectivity index (χ0n) is 20.1. The van der Waals surface area contributed by atoms with Crippen LogP contribution in [0.5, 0.6) is 0 Å². The van der Waals surface area contributed by atoms with Crippen LogP contribution < -0.4 is 10.6 Å². The fourth-order valence-corrected chi connectivity index (χ4v) is 3.97. The van der Waals surface area contributed by atoms with Crippen LogP contribution in [0.2, 0.25) is 5.02 Å². The molecule has 0 aliphatic rings. The van der Waals surface area contributed by atoms with E-state index < -0.39 is 30.4 Å². The van der Waals surface area contributed by atoms with E-state index in [1.165, 1.54) is 36.7 Å². The molecule has 0 radical (unpaired) electrons. The van der Waals surface area contributed by atoms with Gasteiger partial charge in [0.15, 0.2) is 12.6 Å². The Bertz CT molecular complexity index is 1740. The number of nitrogens with zero attached hydrogens (tertiary/aromatic N) is 6. The number of alkyl halides is 1. The van der Waals surface area contributed by atoms with Gasteiger partial charge in [-0.3, -0.25) is 4.98 Å². The van der Waals surface area contributed by atoms with Crippen LogP contribution in [0, 0.1) is 28.9 Å². The summed E-state index contributed by atoms with van der Waals surface area (Å²) in [6.07, 6.45) is 3.54. The maximum absolute atomic E-state index is 13.8. The molecule has 5 rings (SSSR count). The molecule has 0 spiro atoms. The number of rotatable bonds is 7. The number of anilines is 3. The maximum Gasteiger partial charge on any atom is 0.249 e. The number of hydrogen-bond donors (Lipinski definition) is 2. The molecular formula is C25H15ClF4N8. The van der Waals surface area contributed by atoms with Crippen LogP contribution in [0.25, 0.3) is 10.9 Å². The smallest absolute Gasteiger partial charge is 0.249 e. The lowest BCUT2D eigenvalue weighted by Gasteiger charge is -2.20. The highest BCUT2D eigenvalue weighted by atomic mass is 35.5. The van der Waals surface area contributed by atoms with Gasteiger partial charge in [0, 0.05) is 23.3 Å². The van der Waals surface area contributed by atoms with Gasteiger partial charge in [-0.15, -0.1) is 5.10 Å². The average molecular weight is 540 g/mol. The molecule has 13 heteroatoms. The molecule has 0 saturated carbocycles. The van der Waals surface area contributed by atoms with Gasteiger partial charge in [0.25, 0.3) is 0 Å². The lowest BCUT2D eigenvalue weighted by atomic mass is 10.0. The first-order valence-electron chi connectivity index (χ1n) is 11.3. The Morgan fingerprint density at radius 2 is 1.87 bits per heavy atom. The third kappa shape index (κ3) is 4.91. The molecular weight excluding hydrogens is 524 g/mol. The number of fused-ring (bicyclic) bond motifs is 1. The predicted molar refractivity (Wildman–Crippen MR) is 132 cm³/mol. The van der Waals surface area contributed by atoms with E-state index >= 15 is 0 Å². The molecule has 0 aliphatic heterocycles. The summed E-state index contributed by atoms with van der Waals surface area (Å²) in [4.78, 5) is 7.58. The normalized spacial score (nSPS) is 13.0. The Kier molecular flexibility index (Phi) is 6.41. The Morgan fingerprint density at radius 3 is 2.55 bits per heavy atom. The number of halogens is 5. The number of aromatic nitrogens is 5. The van der Waals surface area contributed by atoms with Gasteiger partial charge in [0.2, 0.25) is 5.95 Å². The monoisotopic (exact) mass is 539 g/mol. The molecule has 3 heterocycles. The summed E-state index contributed by atoms with van der Waals surface area (Å²) in [6, 6.07) is 9.01. The van der Waals surface area contributed by atoms with E-state index in [2.05, 4.69) is 30.9 Å².